The molecule has 0 heterocycles. The van der Waals surface area contributed by atoms with Crippen molar-refractivity contribution in [2.75, 3.05) is 5.75 Å². The van der Waals surface area contributed by atoms with Crippen LogP contribution < -0.4 is 0 Å². The van der Waals surface area contributed by atoms with Gasteiger partial charge in [-0.15, -0.1) is 0 Å². The minimum atomic E-state index is -3.62. The van der Waals surface area contributed by atoms with E-state index in [1.807, 2.05) is 6.92 Å². The van der Waals surface area contributed by atoms with Crippen LogP contribution in [-0.4, -0.2) is 32.0 Å². The summed E-state index contributed by atoms with van der Waals surface area (Å²) in [5, 5.41) is 0. The number of rotatable bonds is 7. The number of carbonyl (C=O) groups is 2. The van der Waals surface area contributed by atoms with Crippen molar-refractivity contribution >= 4 is 21.6 Å². The quantitative estimate of drug-likeness (QED) is 0.719. The number of benzene rings is 1. The van der Waals surface area contributed by atoms with Gasteiger partial charge in [-0.2, -0.15) is 0 Å². The lowest BCUT2D eigenvalue weighted by Gasteiger charge is -2.22. The van der Waals surface area contributed by atoms with E-state index in [1.54, 1.807) is 26.0 Å². The first-order valence-corrected chi connectivity index (χ1v) is 8.82. The van der Waals surface area contributed by atoms with Crippen LogP contribution in [0.25, 0.3) is 0 Å². The number of Topliss-reactive ketones (excluding diaryl/α,β-unsaturated/α-hetero) is 1. The fourth-order valence-electron chi connectivity index (χ4n) is 2.17. The van der Waals surface area contributed by atoms with E-state index in [1.165, 1.54) is 19.1 Å². The molecule has 0 amide bonds. The molecular formula is C16H22O5S. The number of hydrogen-bond donors (Lipinski definition) is 0. The minimum Gasteiger partial charge on any atom is -0.462 e. The van der Waals surface area contributed by atoms with Gasteiger partial charge in [0, 0.05) is 13.3 Å². The van der Waals surface area contributed by atoms with Gasteiger partial charge in [0.2, 0.25) is 0 Å². The van der Waals surface area contributed by atoms with E-state index >= 15 is 0 Å². The summed E-state index contributed by atoms with van der Waals surface area (Å²) in [6, 6.07) is 6.46. The second kappa shape index (κ2) is 7.54. The highest BCUT2D eigenvalue weighted by Crippen LogP contribution is 2.20. The maximum Gasteiger partial charge on any atom is 0.302 e. The number of aryl methyl sites for hydroxylation is 1. The number of ether oxygens (including phenoxy) is 1. The smallest absolute Gasteiger partial charge is 0.302 e. The van der Waals surface area contributed by atoms with Gasteiger partial charge in [-0.05, 0) is 26.0 Å². The highest BCUT2D eigenvalue weighted by molar-refractivity contribution is 7.91. The van der Waals surface area contributed by atoms with Crippen LogP contribution in [0.1, 0.15) is 32.8 Å². The number of hydrogen-bond acceptors (Lipinski definition) is 5. The molecule has 0 fully saturated rings. The van der Waals surface area contributed by atoms with Gasteiger partial charge < -0.3 is 4.74 Å². The van der Waals surface area contributed by atoms with Crippen LogP contribution >= 0.6 is 0 Å². The van der Waals surface area contributed by atoms with Gasteiger partial charge in [0.15, 0.2) is 9.84 Å². The molecule has 0 bridgehead atoms. The van der Waals surface area contributed by atoms with Crippen molar-refractivity contribution in [2.24, 2.45) is 5.92 Å². The largest absolute Gasteiger partial charge is 0.462 e. The first-order chi connectivity index (χ1) is 10.2. The van der Waals surface area contributed by atoms with E-state index < -0.39 is 27.8 Å². The maximum atomic E-state index is 12.5. The monoisotopic (exact) mass is 326 g/mol. The molecule has 1 aromatic carbocycles. The molecule has 5 nitrogen and oxygen atoms in total. The zero-order valence-corrected chi connectivity index (χ0v) is 14.1. The molecule has 0 saturated carbocycles. The van der Waals surface area contributed by atoms with E-state index in [4.69, 9.17) is 4.74 Å². The van der Waals surface area contributed by atoms with Crippen molar-refractivity contribution in [3.8, 4) is 0 Å². The third-order valence-electron chi connectivity index (χ3n) is 3.46. The third kappa shape index (κ3) is 4.94. The van der Waals surface area contributed by atoms with Gasteiger partial charge in [0.25, 0.3) is 0 Å². The molecular weight excluding hydrogens is 304 g/mol. The minimum absolute atomic E-state index is 0.169. The summed E-state index contributed by atoms with van der Waals surface area (Å²) in [4.78, 5) is 23.3. The Labute approximate surface area is 131 Å². The predicted molar refractivity (Wildman–Crippen MR) is 83.2 cm³/mol. The molecule has 0 aliphatic carbocycles. The van der Waals surface area contributed by atoms with Gasteiger partial charge in [-0.3, -0.25) is 9.59 Å². The third-order valence-corrected chi connectivity index (χ3v) is 5.25. The maximum absolute atomic E-state index is 12.5. The average molecular weight is 326 g/mol. The van der Waals surface area contributed by atoms with Crippen LogP contribution in [0.3, 0.4) is 0 Å². The van der Waals surface area contributed by atoms with Crippen molar-refractivity contribution < 1.29 is 22.7 Å². The molecule has 0 spiro atoms. The SMILES string of the molecule is CCC(=O)[C@@H](CS(=O)(=O)c1ccc(C)cc1)[C@H](C)OC(C)=O. The van der Waals surface area contributed by atoms with E-state index in [9.17, 15) is 18.0 Å². The Morgan fingerprint density at radius 1 is 1.18 bits per heavy atom. The summed E-state index contributed by atoms with van der Waals surface area (Å²) in [5.74, 6) is -1.99. The first kappa shape index (κ1) is 18.4. The molecule has 0 saturated heterocycles. The van der Waals surface area contributed by atoms with Crippen LogP contribution in [0, 0.1) is 12.8 Å². The van der Waals surface area contributed by atoms with E-state index in [0.717, 1.165) is 5.56 Å². The van der Waals surface area contributed by atoms with E-state index in [2.05, 4.69) is 0 Å². The summed E-state index contributed by atoms with van der Waals surface area (Å²) in [5.41, 5.74) is 0.952. The topological polar surface area (TPSA) is 77.5 Å². The van der Waals surface area contributed by atoms with Crippen molar-refractivity contribution in [2.45, 2.75) is 45.1 Å². The molecule has 0 unspecified atom stereocenters. The lowest BCUT2D eigenvalue weighted by molar-refractivity contribution is -0.149. The Balaban J connectivity index is 3.04. The molecule has 122 valence electrons. The van der Waals surface area contributed by atoms with Crippen LogP contribution in [0.2, 0.25) is 0 Å². The summed E-state index contributed by atoms with van der Waals surface area (Å²) >= 11 is 0. The average Bonchev–Trinajstić information content (AvgIpc) is 2.43. The first-order valence-electron chi connectivity index (χ1n) is 7.16. The second-order valence-electron chi connectivity index (χ2n) is 5.34. The zero-order chi connectivity index (χ0) is 16.9. The molecule has 1 aromatic rings. The number of esters is 1. The molecule has 22 heavy (non-hydrogen) atoms. The Kier molecular flexibility index (Phi) is 6.29. The second-order valence-corrected chi connectivity index (χ2v) is 7.37. The lowest BCUT2D eigenvalue weighted by Crippen LogP contribution is -2.35. The number of carbonyl (C=O) groups excluding carboxylic acids is 2. The fourth-order valence-corrected chi connectivity index (χ4v) is 3.85. The molecule has 0 N–H and O–H groups in total. The van der Waals surface area contributed by atoms with E-state index in [0.29, 0.717) is 0 Å². The van der Waals surface area contributed by atoms with Crippen molar-refractivity contribution in [3.63, 3.8) is 0 Å². The van der Waals surface area contributed by atoms with Crippen LogP contribution in [-0.2, 0) is 24.2 Å². The molecule has 0 aromatic heterocycles. The summed E-state index contributed by atoms with van der Waals surface area (Å²) in [7, 11) is -3.62. The highest BCUT2D eigenvalue weighted by Gasteiger charge is 2.32. The summed E-state index contributed by atoms with van der Waals surface area (Å²) in [6.07, 6.45) is -0.579. The van der Waals surface area contributed by atoms with Gasteiger partial charge >= 0.3 is 5.97 Å². The van der Waals surface area contributed by atoms with Gasteiger partial charge in [0.1, 0.15) is 11.9 Å². The van der Waals surface area contributed by atoms with Crippen molar-refractivity contribution in [1.82, 2.24) is 0 Å². The van der Waals surface area contributed by atoms with Crippen molar-refractivity contribution in [3.05, 3.63) is 29.8 Å². The Morgan fingerprint density at radius 2 is 1.73 bits per heavy atom. The fraction of sp³-hybridized carbons (Fsp3) is 0.500. The molecule has 0 radical (unpaired) electrons. The van der Waals surface area contributed by atoms with Crippen LogP contribution in [0.15, 0.2) is 29.2 Å². The predicted octanol–water partition coefficient (Wildman–Crippen LogP) is 2.32. The summed E-state index contributed by atoms with van der Waals surface area (Å²) in [6.45, 7) is 6.31. The Bertz CT molecular complexity index is 631. The zero-order valence-electron chi connectivity index (χ0n) is 13.3. The van der Waals surface area contributed by atoms with Crippen LogP contribution in [0.4, 0.5) is 0 Å². The summed E-state index contributed by atoms with van der Waals surface area (Å²) < 4.78 is 30.0. The molecule has 1 rings (SSSR count). The number of sulfone groups is 1. The van der Waals surface area contributed by atoms with E-state index in [-0.39, 0.29) is 22.9 Å². The number of ketones is 1. The molecule has 0 aliphatic rings. The lowest BCUT2D eigenvalue weighted by atomic mass is 9.99. The van der Waals surface area contributed by atoms with Gasteiger partial charge in [-0.25, -0.2) is 8.42 Å². The molecule has 0 aliphatic heterocycles. The highest BCUT2D eigenvalue weighted by atomic mass is 32.2. The Morgan fingerprint density at radius 3 is 2.18 bits per heavy atom. The van der Waals surface area contributed by atoms with Gasteiger partial charge in [-0.1, -0.05) is 24.6 Å². The van der Waals surface area contributed by atoms with Crippen molar-refractivity contribution in [1.29, 1.82) is 0 Å². The Hall–Kier alpha value is -1.69. The van der Waals surface area contributed by atoms with Gasteiger partial charge in [0.05, 0.1) is 16.6 Å². The van der Waals surface area contributed by atoms with Crippen LogP contribution in [0.5, 0.6) is 0 Å². The standard InChI is InChI=1S/C16H22O5S/c1-5-16(18)15(12(3)21-13(4)17)10-22(19,20)14-8-6-11(2)7-9-14/h6-9,12,15H,5,10H2,1-4H3/t12-,15-/m0/s1. The molecule has 6 heteroatoms. The normalized spacial score (nSPS) is 14.2. The molecule has 2 atom stereocenters.